The standard InChI is InChI=1S/C47H49N3O2.Pt/c1-27-20-31(50-40-18-17-30(45(4,5)6)23-38(40)47(10,11)37-16-13-19-48-43(37)50)24-32(21-27)51-41-26-34(28(2)22-29(41)3)44-49-39-25-35-33(42(39)52-44)14-12-15-36(35)46(7,8)9;/h12-23,39,42H,25H2,1-11H3;/q-2;+2/t39-,42+;/m1./s1. The molecule has 0 saturated heterocycles. The van der Waals surface area contributed by atoms with Crippen molar-refractivity contribution in [3.05, 3.63) is 141 Å². The molecular weight excluding hydrogens is 834 g/mol. The first-order valence-corrected chi connectivity index (χ1v) is 18.5. The number of aromatic nitrogens is 1. The molecule has 0 N–H and O–H groups in total. The van der Waals surface area contributed by atoms with Crippen molar-refractivity contribution in [3.8, 4) is 11.5 Å². The fourth-order valence-corrected chi connectivity index (χ4v) is 8.32. The molecule has 0 spiro atoms. The number of pyridine rings is 1. The third-order valence-corrected chi connectivity index (χ3v) is 11.1. The number of aliphatic imine (C=N–C) groups is 1. The molecule has 1 aliphatic carbocycles. The van der Waals surface area contributed by atoms with Crippen LogP contribution < -0.4 is 9.64 Å². The summed E-state index contributed by atoms with van der Waals surface area (Å²) < 4.78 is 13.4. The largest absolute Gasteiger partial charge is 2.00 e. The molecule has 53 heavy (non-hydrogen) atoms. The summed E-state index contributed by atoms with van der Waals surface area (Å²) >= 11 is 0. The second kappa shape index (κ2) is 13.0. The Morgan fingerprint density at radius 1 is 0.849 bits per heavy atom. The van der Waals surface area contributed by atoms with Crippen LogP contribution in [0.15, 0.2) is 77.9 Å². The summed E-state index contributed by atoms with van der Waals surface area (Å²) in [5.41, 5.74) is 13.6. The summed E-state index contributed by atoms with van der Waals surface area (Å²) in [5.74, 6) is 2.81. The summed E-state index contributed by atoms with van der Waals surface area (Å²) in [5, 5.41) is 0. The van der Waals surface area contributed by atoms with Crippen molar-refractivity contribution in [3.63, 3.8) is 0 Å². The van der Waals surface area contributed by atoms with E-state index in [2.05, 4.69) is 148 Å². The van der Waals surface area contributed by atoms with Crippen molar-refractivity contribution in [1.29, 1.82) is 0 Å². The summed E-state index contributed by atoms with van der Waals surface area (Å²) in [6.45, 7) is 24.5. The van der Waals surface area contributed by atoms with Crippen LogP contribution in [0.5, 0.6) is 11.5 Å². The Kier molecular flexibility index (Phi) is 9.09. The van der Waals surface area contributed by atoms with E-state index in [-0.39, 0.29) is 49.5 Å². The second-order valence-electron chi connectivity index (χ2n) is 17.5. The van der Waals surface area contributed by atoms with Gasteiger partial charge in [0, 0.05) is 34.4 Å². The molecule has 274 valence electrons. The predicted molar refractivity (Wildman–Crippen MR) is 211 cm³/mol. The van der Waals surface area contributed by atoms with E-state index in [1.807, 2.05) is 18.3 Å². The number of aryl methyl sites for hydroxylation is 3. The number of nitrogens with zero attached hydrogens (tertiary/aromatic N) is 3. The number of hydrogen-bond donors (Lipinski definition) is 0. The number of hydrogen-bond acceptors (Lipinski definition) is 5. The molecule has 0 bridgehead atoms. The smallest absolute Gasteiger partial charge is 0.510 e. The molecule has 0 unspecified atom stereocenters. The van der Waals surface area contributed by atoms with Crippen LogP contribution in [-0.2, 0) is 48.5 Å². The molecular formula is C47H49N3O2Pt. The van der Waals surface area contributed by atoms with Crippen LogP contribution in [0.4, 0.5) is 17.2 Å². The van der Waals surface area contributed by atoms with Gasteiger partial charge in [0.2, 0.25) is 0 Å². The van der Waals surface area contributed by atoms with Crippen LogP contribution in [0.2, 0.25) is 0 Å². The molecule has 3 heterocycles. The average Bonchev–Trinajstić information content (AvgIpc) is 3.63. The Morgan fingerprint density at radius 2 is 1.62 bits per heavy atom. The van der Waals surface area contributed by atoms with E-state index < -0.39 is 0 Å². The zero-order valence-electron chi connectivity index (χ0n) is 32.8. The van der Waals surface area contributed by atoms with Crippen molar-refractivity contribution >= 4 is 23.1 Å². The van der Waals surface area contributed by atoms with Gasteiger partial charge in [-0.25, -0.2) is 4.98 Å². The Morgan fingerprint density at radius 3 is 2.36 bits per heavy atom. The van der Waals surface area contributed by atoms with Gasteiger partial charge in [-0.05, 0) is 57.2 Å². The SMILES string of the molecule is Cc1cc(Oc2[c-]c(C3=N[C@@H]4Cc5c(cccc5C(C)(C)C)[C@@H]4O3)c(C)cc2C)[c-]c(N2c3ccc(C(C)(C)C)cc3C(C)(C)c3cccnc32)c1.[Pt+2]. The van der Waals surface area contributed by atoms with Crippen LogP contribution >= 0.6 is 0 Å². The number of ether oxygens (including phenoxy) is 2. The van der Waals surface area contributed by atoms with E-state index in [1.165, 1.54) is 33.4 Å². The third kappa shape index (κ3) is 6.33. The van der Waals surface area contributed by atoms with Gasteiger partial charge < -0.3 is 14.4 Å². The summed E-state index contributed by atoms with van der Waals surface area (Å²) in [7, 11) is 0. The molecule has 3 aliphatic rings. The van der Waals surface area contributed by atoms with Gasteiger partial charge in [-0.1, -0.05) is 135 Å². The quantitative estimate of drug-likeness (QED) is 0.169. The molecule has 5 nitrogen and oxygen atoms in total. The fourth-order valence-electron chi connectivity index (χ4n) is 8.32. The van der Waals surface area contributed by atoms with Gasteiger partial charge in [0.15, 0.2) is 0 Å². The van der Waals surface area contributed by atoms with Crippen LogP contribution in [-0.4, -0.2) is 16.9 Å². The molecule has 2 aliphatic heterocycles. The summed E-state index contributed by atoms with van der Waals surface area (Å²) in [4.78, 5) is 12.3. The van der Waals surface area contributed by atoms with Crippen LogP contribution in [0.1, 0.15) is 117 Å². The molecule has 0 amide bonds. The molecule has 0 radical (unpaired) electrons. The van der Waals surface area contributed by atoms with Gasteiger partial charge in [-0.3, -0.25) is 4.99 Å². The van der Waals surface area contributed by atoms with Gasteiger partial charge in [-0.2, -0.15) is 5.56 Å². The van der Waals surface area contributed by atoms with Gasteiger partial charge in [0.25, 0.3) is 0 Å². The first-order chi connectivity index (χ1) is 24.5. The first kappa shape index (κ1) is 37.1. The molecule has 8 rings (SSSR count). The molecule has 6 heteroatoms. The Labute approximate surface area is 330 Å². The third-order valence-electron chi connectivity index (χ3n) is 11.1. The van der Waals surface area contributed by atoms with Gasteiger partial charge in [0.1, 0.15) is 17.8 Å². The Bertz CT molecular complexity index is 2290. The second-order valence-corrected chi connectivity index (χ2v) is 17.5. The maximum absolute atomic E-state index is 6.69. The monoisotopic (exact) mass is 882 g/mol. The van der Waals surface area contributed by atoms with Crippen LogP contribution in [0.25, 0.3) is 0 Å². The molecule has 2 atom stereocenters. The van der Waals surface area contributed by atoms with Crippen LogP contribution in [0.3, 0.4) is 0 Å². The zero-order chi connectivity index (χ0) is 36.9. The van der Waals surface area contributed by atoms with Gasteiger partial charge in [-0.15, -0.1) is 29.8 Å². The zero-order valence-corrected chi connectivity index (χ0v) is 35.0. The van der Waals surface area contributed by atoms with Crippen molar-refractivity contribution < 1.29 is 30.5 Å². The number of benzene rings is 4. The Balaban J connectivity index is 0.00000435. The van der Waals surface area contributed by atoms with E-state index in [0.717, 1.165) is 45.9 Å². The maximum atomic E-state index is 6.69. The summed E-state index contributed by atoms with van der Waals surface area (Å²) in [6, 6.07) is 31.3. The van der Waals surface area contributed by atoms with E-state index in [9.17, 15) is 0 Å². The van der Waals surface area contributed by atoms with Crippen LogP contribution in [0, 0.1) is 32.9 Å². The fraction of sp³-hybridized carbons (Fsp3) is 0.362. The molecule has 4 aromatic carbocycles. The van der Waals surface area contributed by atoms with Crippen molar-refractivity contribution in [2.45, 2.75) is 111 Å². The average molecular weight is 883 g/mol. The molecule has 1 aromatic heterocycles. The first-order valence-electron chi connectivity index (χ1n) is 18.5. The topological polar surface area (TPSA) is 47.0 Å². The van der Waals surface area contributed by atoms with E-state index in [0.29, 0.717) is 17.4 Å². The Hall–Kier alpha value is -4.21. The van der Waals surface area contributed by atoms with E-state index in [1.54, 1.807) is 0 Å². The van der Waals surface area contributed by atoms with Crippen molar-refractivity contribution in [2.75, 3.05) is 4.90 Å². The predicted octanol–water partition coefficient (Wildman–Crippen LogP) is 11.5. The van der Waals surface area contributed by atoms with Crippen molar-refractivity contribution in [1.82, 2.24) is 4.98 Å². The maximum Gasteiger partial charge on any atom is 2.00 e. The van der Waals surface area contributed by atoms with Gasteiger partial charge in [0.05, 0.1) is 6.04 Å². The minimum atomic E-state index is -0.231. The molecule has 0 fully saturated rings. The number of fused-ring (bicyclic) bond motifs is 5. The minimum absolute atomic E-state index is 0. The normalized spacial score (nSPS) is 18.2. The van der Waals surface area contributed by atoms with Crippen molar-refractivity contribution in [2.24, 2.45) is 4.99 Å². The minimum Gasteiger partial charge on any atom is -0.510 e. The molecule has 5 aromatic rings. The summed E-state index contributed by atoms with van der Waals surface area (Å²) in [6.07, 6.45) is 2.69. The number of rotatable bonds is 4. The van der Waals surface area contributed by atoms with E-state index in [4.69, 9.17) is 19.5 Å². The molecule has 0 saturated carbocycles. The van der Waals surface area contributed by atoms with E-state index >= 15 is 0 Å². The van der Waals surface area contributed by atoms with Gasteiger partial charge >= 0.3 is 21.1 Å². The number of anilines is 3.